The maximum absolute atomic E-state index is 11.3. The minimum absolute atomic E-state index is 0.137. The Balaban J connectivity index is 1.06. The molecule has 19 N–H and O–H groups in total. The molecule has 0 aliphatic carbocycles. The first-order valence-corrected chi connectivity index (χ1v) is 22.6. The Labute approximate surface area is 397 Å². The molecule has 30 atom stereocenters. The summed E-state index contributed by atoms with van der Waals surface area (Å²) in [5, 5.41) is 201. The van der Waals surface area contributed by atoms with Gasteiger partial charge in [-0.15, -0.1) is 0 Å². The van der Waals surface area contributed by atoms with Crippen molar-refractivity contribution in [2.75, 3.05) is 46.2 Å². The first-order chi connectivity index (χ1) is 33.3. The van der Waals surface area contributed by atoms with E-state index < -0.39 is 224 Å². The van der Waals surface area contributed by atoms with Crippen molar-refractivity contribution >= 4 is 0 Å². The molecule has 0 aromatic heterocycles. The maximum atomic E-state index is 11.3. The second kappa shape index (κ2) is 25.5. The molecule has 0 bridgehead atoms. The fourth-order valence-electron chi connectivity index (χ4n) is 8.88. The van der Waals surface area contributed by atoms with Crippen molar-refractivity contribution in [1.29, 1.82) is 0 Å². The van der Waals surface area contributed by atoms with Crippen LogP contribution >= 0.6 is 0 Å². The Kier molecular flexibility index (Phi) is 21.2. The SMILES string of the molecule is CCCO[C@@H]1O[C@H](CO)[C@@H](O[C@@H]2O[C@H](CO)[C@@H](O[C@@H]3O[C@H](CO)[C@@H](O[C@@H]4O[C@H](CO)[C@@H](O[C@@H]5O[C@H](CO)[C@@H](O[C@@H]6O[C@H](CO)[C@@H](O)[C@H](O)[C@@H]6O)[C@H](O)[C@@H]5O)[C@H](O)[C@@H]4O)[C@H](O)[C@@H]3O)[C@H](O)[C@@H]2O)[C@H](O)[C@@H]1O. The summed E-state index contributed by atoms with van der Waals surface area (Å²) in [5.74, 6) is 0. The van der Waals surface area contributed by atoms with E-state index in [0.717, 1.165) is 0 Å². The van der Waals surface area contributed by atoms with Crippen LogP contribution in [0.2, 0.25) is 0 Å². The van der Waals surface area contributed by atoms with Crippen LogP contribution in [-0.2, 0) is 56.8 Å². The summed E-state index contributed by atoms with van der Waals surface area (Å²) in [5.41, 5.74) is 0. The normalized spacial score (nSPS) is 51.6. The summed E-state index contributed by atoms with van der Waals surface area (Å²) in [7, 11) is 0. The zero-order chi connectivity index (χ0) is 51.5. The van der Waals surface area contributed by atoms with Crippen LogP contribution in [0.5, 0.6) is 0 Å². The molecule has 0 spiro atoms. The van der Waals surface area contributed by atoms with Gasteiger partial charge in [-0.05, 0) is 6.42 Å². The first kappa shape index (κ1) is 58.0. The Morgan fingerprint density at radius 3 is 0.729 bits per heavy atom. The molecular weight excluding hydrogens is 964 g/mol. The molecular formula is C39H68O31. The van der Waals surface area contributed by atoms with Gasteiger partial charge in [-0.2, -0.15) is 0 Å². The van der Waals surface area contributed by atoms with Gasteiger partial charge in [0.2, 0.25) is 0 Å². The second-order valence-corrected chi connectivity index (χ2v) is 17.6. The lowest BCUT2D eigenvalue weighted by atomic mass is 9.95. The van der Waals surface area contributed by atoms with Gasteiger partial charge in [-0.25, -0.2) is 0 Å². The molecule has 6 saturated heterocycles. The quantitative estimate of drug-likeness (QED) is 0.0571. The summed E-state index contributed by atoms with van der Waals surface area (Å²) in [6, 6.07) is 0. The minimum atomic E-state index is -2.17. The van der Waals surface area contributed by atoms with Crippen LogP contribution in [0, 0.1) is 0 Å². The van der Waals surface area contributed by atoms with Gasteiger partial charge in [0.1, 0.15) is 146 Å². The lowest BCUT2D eigenvalue weighted by Crippen LogP contribution is -2.68. The van der Waals surface area contributed by atoms with Gasteiger partial charge < -0.3 is 154 Å². The van der Waals surface area contributed by atoms with Crippen LogP contribution in [0.4, 0.5) is 0 Å². The number of rotatable bonds is 19. The second-order valence-electron chi connectivity index (χ2n) is 17.6. The van der Waals surface area contributed by atoms with Crippen molar-refractivity contribution in [3.05, 3.63) is 0 Å². The molecule has 0 unspecified atom stereocenters. The van der Waals surface area contributed by atoms with Crippen molar-refractivity contribution in [3.8, 4) is 0 Å². The van der Waals surface area contributed by atoms with Crippen LogP contribution in [0.25, 0.3) is 0 Å². The summed E-state index contributed by atoms with van der Waals surface area (Å²) < 4.78 is 66.8. The van der Waals surface area contributed by atoms with E-state index in [0.29, 0.717) is 6.42 Å². The van der Waals surface area contributed by atoms with Crippen molar-refractivity contribution in [1.82, 2.24) is 0 Å². The lowest BCUT2D eigenvalue weighted by molar-refractivity contribution is -0.396. The average Bonchev–Trinajstić information content (AvgIpc) is 3.35. The number of hydrogen-bond acceptors (Lipinski definition) is 31. The third-order valence-electron chi connectivity index (χ3n) is 12.9. The van der Waals surface area contributed by atoms with Crippen molar-refractivity contribution in [3.63, 3.8) is 0 Å². The lowest BCUT2D eigenvalue weighted by Gasteiger charge is -2.50. The molecule has 6 aliphatic rings. The zero-order valence-electron chi connectivity index (χ0n) is 37.4. The zero-order valence-corrected chi connectivity index (χ0v) is 37.4. The Morgan fingerprint density at radius 2 is 0.486 bits per heavy atom. The Morgan fingerprint density at radius 1 is 0.271 bits per heavy atom. The number of ether oxygens (including phenoxy) is 12. The Bertz CT molecular complexity index is 1550. The van der Waals surface area contributed by atoms with Gasteiger partial charge in [-0.3, -0.25) is 0 Å². The van der Waals surface area contributed by atoms with Gasteiger partial charge in [0.15, 0.2) is 37.7 Å². The first-order valence-electron chi connectivity index (χ1n) is 22.6. The van der Waals surface area contributed by atoms with E-state index in [4.69, 9.17) is 56.8 Å². The van der Waals surface area contributed by atoms with Crippen LogP contribution in [0.1, 0.15) is 13.3 Å². The van der Waals surface area contributed by atoms with Gasteiger partial charge in [0.25, 0.3) is 0 Å². The van der Waals surface area contributed by atoms with Crippen molar-refractivity contribution in [2.45, 2.75) is 198 Å². The van der Waals surface area contributed by atoms with Crippen LogP contribution in [0.3, 0.4) is 0 Å². The van der Waals surface area contributed by atoms with Gasteiger partial charge >= 0.3 is 0 Å². The van der Waals surface area contributed by atoms with Crippen molar-refractivity contribution in [2.24, 2.45) is 0 Å². The van der Waals surface area contributed by atoms with E-state index in [1.807, 2.05) is 0 Å². The largest absolute Gasteiger partial charge is 0.394 e. The van der Waals surface area contributed by atoms with Gasteiger partial charge in [0.05, 0.1) is 39.6 Å². The van der Waals surface area contributed by atoms with Crippen LogP contribution in [-0.4, -0.2) is 328 Å². The van der Waals surface area contributed by atoms with E-state index in [-0.39, 0.29) is 6.61 Å². The highest BCUT2D eigenvalue weighted by Gasteiger charge is 2.57. The van der Waals surface area contributed by atoms with E-state index in [9.17, 15) is 97.0 Å². The molecule has 70 heavy (non-hydrogen) atoms. The average molecular weight is 1030 g/mol. The highest BCUT2D eigenvalue weighted by Crippen LogP contribution is 2.37. The van der Waals surface area contributed by atoms with E-state index in [2.05, 4.69) is 0 Å². The smallest absolute Gasteiger partial charge is 0.187 e. The van der Waals surface area contributed by atoms with Crippen LogP contribution < -0.4 is 0 Å². The predicted molar refractivity (Wildman–Crippen MR) is 213 cm³/mol. The molecule has 0 aromatic rings. The fraction of sp³-hybridized carbons (Fsp3) is 1.00. The number of aliphatic hydroxyl groups excluding tert-OH is 19. The van der Waals surface area contributed by atoms with E-state index >= 15 is 0 Å². The number of aliphatic hydroxyl groups is 19. The third-order valence-corrected chi connectivity index (χ3v) is 12.9. The molecule has 0 radical (unpaired) electrons. The maximum Gasteiger partial charge on any atom is 0.187 e. The monoisotopic (exact) mass is 1030 g/mol. The summed E-state index contributed by atoms with van der Waals surface area (Å²) >= 11 is 0. The fourth-order valence-corrected chi connectivity index (χ4v) is 8.88. The summed E-state index contributed by atoms with van der Waals surface area (Å²) in [6.45, 7) is -3.62. The van der Waals surface area contributed by atoms with Gasteiger partial charge in [0, 0.05) is 6.61 Å². The molecule has 6 heterocycles. The minimum Gasteiger partial charge on any atom is -0.394 e. The predicted octanol–water partition coefficient (Wildman–Crippen LogP) is -12.7. The number of hydrogen-bond donors (Lipinski definition) is 19. The standard InChI is InChI=1S/C39H68O31/c1-2-3-59-34-24(54)18(48)29(11(5-41)61-34)67-36-26(56)20(50)31(13(7-43)63-36)69-38-28(58)22(52)33(15(9-45)65-38)70-39-27(57)21(51)32(14(8-44)64-39)68-37-25(55)19(49)30(12(6-42)62-37)66-35-23(53)17(47)16(46)10(4-40)60-35/h10-58H,2-9H2,1H3/t10-,11-,12-,13-,14-,15-,16-,17+,18-,19-,20-,21-,22-,23+,24+,25+,26+,27+,28+,29-,30-,31-,32-,33-,34-,35+,36+,37+,38+,39+/m1/s1. The molecule has 31 heteroatoms. The van der Waals surface area contributed by atoms with Gasteiger partial charge in [-0.1, -0.05) is 6.92 Å². The molecule has 410 valence electrons. The molecule has 6 rings (SSSR count). The molecule has 6 aliphatic heterocycles. The highest BCUT2D eigenvalue weighted by molar-refractivity contribution is 5.00. The Hall–Kier alpha value is -1.24. The summed E-state index contributed by atoms with van der Waals surface area (Å²) in [4.78, 5) is 0. The van der Waals surface area contributed by atoms with Crippen LogP contribution in [0.15, 0.2) is 0 Å². The molecule has 31 nitrogen and oxygen atoms in total. The van der Waals surface area contributed by atoms with E-state index in [1.54, 1.807) is 6.92 Å². The summed E-state index contributed by atoms with van der Waals surface area (Å²) in [6.07, 6.45) is -54.6. The molecule has 6 fully saturated rings. The molecule has 0 aromatic carbocycles. The highest BCUT2D eigenvalue weighted by atomic mass is 16.8. The van der Waals surface area contributed by atoms with E-state index in [1.165, 1.54) is 0 Å². The molecule has 0 saturated carbocycles. The third kappa shape index (κ3) is 12.1. The molecule has 0 amide bonds. The van der Waals surface area contributed by atoms with Crippen molar-refractivity contribution < 1.29 is 154 Å². The topological polar surface area (TPSA) is 495 Å².